The predicted octanol–water partition coefficient (Wildman–Crippen LogP) is 3.37. The predicted molar refractivity (Wildman–Crippen MR) is 72.6 cm³/mol. The van der Waals surface area contributed by atoms with Crippen LogP contribution in [0.25, 0.3) is 0 Å². The standard InChI is InChI=1S/C13H13BrF3NO3/c1-7(2)18(12(21)13(15,16)17)10(11(19)20)8-3-5-9(14)6-4-8/h3-7,10H,1-2H3,(H,19,20). The molecule has 8 heteroatoms. The zero-order chi connectivity index (χ0) is 16.4. The van der Waals surface area contributed by atoms with Gasteiger partial charge in [-0.15, -0.1) is 0 Å². The van der Waals surface area contributed by atoms with Crippen molar-refractivity contribution in [3.8, 4) is 0 Å². The average Bonchev–Trinajstić information content (AvgIpc) is 2.34. The minimum Gasteiger partial charge on any atom is -0.479 e. The van der Waals surface area contributed by atoms with Crippen molar-refractivity contribution in [1.29, 1.82) is 0 Å². The van der Waals surface area contributed by atoms with E-state index in [0.29, 0.717) is 9.37 Å². The van der Waals surface area contributed by atoms with E-state index in [1.54, 1.807) is 0 Å². The van der Waals surface area contributed by atoms with Crippen LogP contribution < -0.4 is 0 Å². The van der Waals surface area contributed by atoms with Crippen LogP contribution in [0.1, 0.15) is 25.5 Å². The fraction of sp³-hybridized carbons (Fsp3) is 0.385. The number of nitrogens with zero attached hydrogens (tertiary/aromatic N) is 1. The minimum absolute atomic E-state index is 0.0944. The Bertz CT molecular complexity index is 528. The number of halogens is 4. The van der Waals surface area contributed by atoms with Gasteiger partial charge in [0.15, 0.2) is 6.04 Å². The van der Waals surface area contributed by atoms with Gasteiger partial charge < -0.3 is 10.0 Å². The molecule has 1 amide bonds. The maximum Gasteiger partial charge on any atom is 0.471 e. The normalized spacial score (nSPS) is 13.1. The van der Waals surface area contributed by atoms with E-state index in [0.717, 1.165) is 0 Å². The Morgan fingerprint density at radius 3 is 2.00 bits per heavy atom. The molecular weight excluding hydrogens is 355 g/mol. The Balaban J connectivity index is 3.31. The molecule has 21 heavy (non-hydrogen) atoms. The first kappa shape index (κ1) is 17.5. The second-order valence-corrected chi connectivity index (χ2v) is 5.51. The maximum absolute atomic E-state index is 12.7. The maximum atomic E-state index is 12.7. The van der Waals surface area contributed by atoms with Gasteiger partial charge >= 0.3 is 18.1 Å². The number of carbonyl (C=O) groups is 2. The van der Waals surface area contributed by atoms with Crippen molar-refractivity contribution in [2.75, 3.05) is 0 Å². The van der Waals surface area contributed by atoms with E-state index in [1.165, 1.54) is 38.1 Å². The molecule has 0 aliphatic heterocycles. The Kier molecular flexibility index (Phi) is 5.38. The van der Waals surface area contributed by atoms with Gasteiger partial charge in [0, 0.05) is 10.5 Å². The summed E-state index contributed by atoms with van der Waals surface area (Å²) >= 11 is 3.15. The van der Waals surface area contributed by atoms with Gasteiger partial charge in [-0.05, 0) is 31.5 Å². The number of carbonyl (C=O) groups excluding carboxylic acids is 1. The lowest BCUT2D eigenvalue weighted by molar-refractivity contribution is -0.192. The molecule has 0 saturated heterocycles. The number of hydrogen-bond acceptors (Lipinski definition) is 2. The van der Waals surface area contributed by atoms with Crippen LogP contribution >= 0.6 is 15.9 Å². The molecule has 0 aliphatic carbocycles. The van der Waals surface area contributed by atoms with Gasteiger partial charge in [-0.25, -0.2) is 4.79 Å². The third-order valence-electron chi connectivity index (χ3n) is 2.73. The van der Waals surface area contributed by atoms with Crippen LogP contribution in [0.3, 0.4) is 0 Å². The number of amides is 1. The van der Waals surface area contributed by atoms with Crippen molar-refractivity contribution in [2.24, 2.45) is 0 Å². The van der Waals surface area contributed by atoms with Crippen LogP contribution in [0, 0.1) is 0 Å². The fourth-order valence-corrected chi connectivity index (χ4v) is 2.13. The van der Waals surface area contributed by atoms with E-state index in [2.05, 4.69) is 15.9 Å². The molecule has 0 aliphatic rings. The van der Waals surface area contributed by atoms with E-state index < -0.39 is 30.1 Å². The topological polar surface area (TPSA) is 57.6 Å². The van der Waals surface area contributed by atoms with E-state index in [9.17, 15) is 27.9 Å². The van der Waals surface area contributed by atoms with Crippen molar-refractivity contribution in [3.63, 3.8) is 0 Å². The second kappa shape index (κ2) is 6.46. The molecule has 0 fully saturated rings. The summed E-state index contributed by atoms with van der Waals surface area (Å²) in [5.74, 6) is -3.70. The van der Waals surface area contributed by atoms with Crippen molar-refractivity contribution >= 4 is 27.8 Å². The number of carboxylic acid groups (broad SMARTS) is 1. The van der Waals surface area contributed by atoms with Crippen molar-refractivity contribution in [1.82, 2.24) is 4.90 Å². The van der Waals surface area contributed by atoms with Crippen molar-refractivity contribution in [3.05, 3.63) is 34.3 Å². The summed E-state index contributed by atoms with van der Waals surface area (Å²) in [6.07, 6.45) is -5.13. The van der Waals surface area contributed by atoms with Crippen molar-refractivity contribution < 1.29 is 27.9 Å². The van der Waals surface area contributed by atoms with Crippen molar-refractivity contribution in [2.45, 2.75) is 32.1 Å². The summed E-state index contributed by atoms with van der Waals surface area (Å²) in [6.45, 7) is 2.66. The molecule has 1 unspecified atom stereocenters. The van der Waals surface area contributed by atoms with Crippen LogP contribution in [0.15, 0.2) is 28.7 Å². The quantitative estimate of drug-likeness (QED) is 0.887. The lowest BCUT2D eigenvalue weighted by Crippen LogP contribution is -2.49. The highest BCUT2D eigenvalue weighted by molar-refractivity contribution is 9.10. The van der Waals surface area contributed by atoms with E-state index in [1.807, 2.05) is 0 Å². The Hall–Kier alpha value is -1.57. The van der Waals surface area contributed by atoms with Crippen LogP contribution in [0.4, 0.5) is 13.2 Å². The molecule has 0 spiro atoms. The van der Waals surface area contributed by atoms with Gasteiger partial charge in [-0.3, -0.25) is 4.79 Å². The molecule has 1 rings (SSSR count). The second-order valence-electron chi connectivity index (χ2n) is 4.60. The minimum atomic E-state index is -5.13. The molecule has 0 aromatic heterocycles. The Morgan fingerprint density at radius 1 is 1.19 bits per heavy atom. The highest BCUT2D eigenvalue weighted by Crippen LogP contribution is 2.30. The van der Waals surface area contributed by atoms with Gasteiger partial charge in [0.2, 0.25) is 0 Å². The monoisotopic (exact) mass is 367 g/mol. The van der Waals surface area contributed by atoms with E-state index >= 15 is 0 Å². The van der Waals surface area contributed by atoms with Gasteiger partial charge in [0.25, 0.3) is 0 Å². The first-order valence-electron chi connectivity index (χ1n) is 5.93. The lowest BCUT2D eigenvalue weighted by Gasteiger charge is -2.33. The first-order chi connectivity index (χ1) is 9.55. The number of alkyl halides is 3. The third-order valence-corrected chi connectivity index (χ3v) is 3.26. The zero-order valence-electron chi connectivity index (χ0n) is 11.2. The lowest BCUT2D eigenvalue weighted by atomic mass is 10.0. The molecule has 0 bridgehead atoms. The summed E-state index contributed by atoms with van der Waals surface area (Å²) in [5.41, 5.74) is 0.0944. The molecular formula is C13H13BrF3NO3. The van der Waals surface area contributed by atoms with Gasteiger partial charge in [-0.1, -0.05) is 28.1 Å². The summed E-state index contributed by atoms with van der Waals surface area (Å²) in [5, 5.41) is 9.26. The van der Waals surface area contributed by atoms with E-state index in [-0.39, 0.29) is 5.56 Å². The molecule has 1 N–H and O–H groups in total. The van der Waals surface area contributed by atoms with Crippen LogP contribution in [-0.4, -0.2) is 34.1 Å². The van der Waals surface area contributed by atoms with Gasteiger partial charge in [0.1, 0.15) is 0 Å². The van der Waals surface area contributed by atoms with Crippen LogP contribution in [0.2, 0.25) is 0 Å². The number of carboxylic acids is 1. The molecule has 116 valence electrons. The van der Waals surface area contributed by atoms with Crippen LogP contribution in [-0.2, 0) is 9.59 Å². The highest BCUT2D eigenvalue weighted by atomic mass is 79.9. The number of rotatable bonds is 4. The number of aliphatic carboxylic acids is 1. The highest BCUT2D eigenvalue weighted by Gasteiger charge is 2.47. The smallest absolute Gasteiger partial charge is 0.471 e. The number of benzene rings is 1. The first-order valence-corrected chi connectivity index (χ1v) is 6.72. The summed E-state index contributed by atoms with van der Waals surface area (Å²) in [7, 11) is 0. The summed E-state index contributed by atoms with van der Waals surface area (Å²) in [6, 6.07) is 3.10. The average molecular weight is 368 g/mol. The molecule has 1 atom stereocenters. The molecule has 0 heterocycles. The fourth-order valence-electron chi connectivity index (χ4n) is 1.86. The molecule has 4 nitrogen and oxygen atoms in total. The van der Waals surface area contributed by atoms with E-state index in [4.69, 9.17) is 0 Å². The third kappa shape index (κ3) is 4.20. The Morgan fingerprint density at radius 2 is 1.67 bits per heavy atom. The number of hydrogen-bond donors (Lipinski definition) is 1. The molecule has 1 aromatic carbocycles. The molecule has 0 radical (unpaired) electrons. The Labute approximate surface area is 127 Å². The van der Waals surface area contributed by atoms with Crippen LogP contribution in [0.5, 0.6) is 0 Å². The van der Waals surface area contributed by atoms with Gasteiger partial charge in [0.05, 0.1) is 0 Å². The largest absolute Gasteiger partial charge is 0.479 e. The summed E-state index contributed by atoms with van der Waals surface area (Å²) < 4.78 is 38.7. The summed E-state index contributed by atoms with van der Waals surface area (Å²) in [4.78, 5) is 23.2. The SMILES string of the molecule is CC(C)N(C(=O)C(F)(F)F)C(C(=O)O)c1ccc(Br)cc1. The zero-order valence-corrected chi connectivity index (χ0v) is 12.8. The molecule has 1 aromatic rings. The van der Waals surface area contributed by atoms with Gasteiger partial charge in [-0.2, -0.15) is 13.2 Å². The molecule has 0 saturated carbocycles.